The minimum absolute atomic E-state index is 0.317. The van der Waals surface area contributed by atoms with E-state index in [4.69, 9.17) is 14.6 Å². The molecule has 1 N–H and O–H groups in total. The number of nitrogens with zero attached hydrogens (tertiary/aromatic N) is 1. The summed E-state index contributed by atoms with van der Waals surface area (Å²) in [5, 5.41) is 8.71. The Morgan fingerprint density at radius 2 is 1.97 bits per heavy atom. The van der Waals surface area contributed by atoms with E-state index in [1.54, 1.807) is 18.0 Å². The first-order valence-corrected chi connectivity index (χ1v) is 11.6. The van der Waals surface area contributed by atoms with Gasteiger partial charge in [-0.3, -0.25) is 0 Å². The van der Waals surface area contributed by atoms with Crippen LogP contribution in [-0.4, -0.2) is 35.0 Å². The molecular formula is C25H31NO5S. The number of benzene rings is 2. The van der Waals surface area contributed by atoms with Crippen LogP contribution >= 0.6 is 11.8 Å². The standard InChI is InChI=1S/C22H28O4S.C3H3NO/c1-4-5-12-25-19-8-6-18(7-9-19)17(3)15-27-20-10-11-21(16(2)13-20)26-14-22(23)24;1-2-5-3-4-1/h6-11,13,17H,4-5,12,14-15H2,1-3H3,(H,23,24);1-3H. The number of rotatable bonds is 11. The van der Waals surface area contributed by atoms with Crippen LogP contribution in [0.15, 0.2) is 70.6 Å². The van der Waals surface area contributed by atoms with Gasteiger partial charge in [0.05, 0.1) is 12.8 Å². The maximum atomic E-state index is 10.6. The quantitative estimate of drug-likeness (QED) is 0.271. The minimum Gasteiger partial charge on any atom is -0.494 e. The monoisotopic (exact) mass is 457 g/mol. The lowest BCUT2D eigenvalue weighted by molar-refractivity contribution is -0.139. The van der Waals surface area contributed by atoms with Crippen LogP contribution in [0.1, 0.15) is 43.7 Å². The van der Waals surface area contributed by atoms with Crippen molar-refractivity contribution in [2.24, 2.45) is 0 Å². The third-order valence-corrected chi connectivity index (χ3v) is 5.81. The molecule has 0 fully saturated rings. The first kappa shape index (κ1) is 25.3. The van der Waals surface area contributed by atoms with E-state index in [0.717, 1.165) is 41.4 Å². The highest BCUT2D eigenvalue weighted by Crippen LogP contribution is 2.30. The number of thioether (sulfide) groups is 1. The van der Waals surface area contributed by atoms with Crippen LogP contribution in [-0.2, 0) is 4.79 Å². The van der Waals surface area contributed by atoms with Crippen molar-refractivity contribution in [3.8, 4) is 11.5 Å². The van der Waals surface area contributed by atoms with Gasteiger partial charge in [-0.25, -0.2) is 9.78 Å². The first-order chi connectivity index (χ1) is 15.5. The fourth-order valence-electron chi connectivity index (χ4n) is 2.73. The molecule has 32 heavy (non-hydrogen) atoms. The molecule has 0 amide bonds. The minimum atomic E-state index is -0.969. The molecule has 0 saturated carbocycles. The Labute approximate surface area is 194 Å². The first-order valence-electron chi connectivity index (χ1n) is 10.6. The molecule has 1 unspecified atom stereocenters. The number of carboxylic acids is 1. The summed E-state index contributed by atoms with van der Waals surface area (Å²) in [5.74, 6) is 1.96. The molecule has 0 aliphatic rings. The van der Waals surface area contributed by atoms with Crippen molar-refractivity contribution >= 4 is 17.7 Å². The Morgan fingerprint density at radius 1 is 1.19 bits per heavy atom. The lowest BCUT2D eigenvalue weighted by Crippen LogP contribution is -2.10. The zero-order valence-electron chi connectivity index (χ0n) is 18.8. The van der Waals surface area contributed by atoms with Crippen molar-refractivity contribution < 1.29 is 23.8 Å². The van der Waals surface area contributed by atoms with Gasteiger partial charge in [-0.1, -0.05) is 32.4 Å². The molecule has 2 aromatic carbocycles. The number of aromatic nitrogens is 1. The van der Waals surface area contributed by atoms with E-state index in [0.29, 0.717) is 11.7 Å². The highest BCUT2D eigenvalue weighted by Gasteiger charge is 2.09. The summed E-state index contributed by atoms with van der Waals surface area (Å²) in [6.45, 7) is 6.76. The molecule has 7 heteroatoms. The van der Waals surface area contributed by atoms with Crippen molar-refractivity contribution in [2.45, 2.75) is 44.4 Å². The summed E-state index contributed by atoms with van der Waals surface area (Å²) in [7, 11) is 0. The van der Waals surface area contributed by atoms with Gasteiger partial charge in [0.1, 0.15) is 17.8 Å². The molecule has 1 aromatic heterocycles. The van der Waals surface area contributed by atoms with E-state index in [1.807, 2.05) is 37.3 Å². The molecule has 0 aliphatic carbocycles. The van der Waals surface area contributed by atoms with Crippen LogP contribution in [0.4, 0.5) is 0 Å². The number of ether oxygens (including phenoxy) is 2. The topological polar surface area (TPSA) is 81.8 Å². The predicted molar refractivity (Wildman–Crippen MR) is 127 cm³/mol. The number of oxazole rings is 1. The largest absolute Gasteiger partial charge is 0.494 e. The van der Waals surface area contributed by atoms with E-state index in [2.05, 4.69) is 35.4 Å². The molecule has 0 saturated heterocycles. The van der Waals surface area contributed by atoms with Crippen molar-refractivity contribution in [3.05, 3.63) is 72.4 Å². The molecule has 0 bridgehead atoms. The number of unbranched alkanes of at least 4 members (excludes halogenated alkanes) is 1. The van der Waals surface area contributed by atoms with Crippen LogP contribution in [0.25, 0.3) is 0 Å². The van der Waals surface area contributed by atoms with Gasteiger partial charge < -0.3 is 19.0 Å². The molecule has 172 valence electrons. The second kappa shape index (κ2) is 14.2. The number of hydrogen-bond acceptors (Lipinski definition) is 6. The van der Waals surface area contributed by atoms with Crippen LogP contribution in [0.2, 0.25) is 0 Å². The summed E-state index contributed by atoms with van der Waals surface area (Å²) in [6.07, 6.45) is 6.69. The average molecular weight is 458 g/mol. The van der Waals surface area contributed by atoms with Gasteiger partial charge in [-0.2, -0.15) is 0 Å². The van der Waals surface area contributed by atoms with Crippen molar-refractivity contribution in [2.75, 3.05) is 19.0 Å². The van der Waals surface area contributed by atoms with E-state index in [9.17, 15) is 4.79 Å². The van der Waals surface area contributed by atoms with Crippen LogP contribution in [0.3, 0.4) is 0 Å². The smallest absolute Gasteiger partial charge is 0.341 e. The van der Waals surface area contributed by atoms with E-state index < -0.39 is 5.97 Å². The lowest BCUT2D eigenvalue weighted by Gasteiger charge is -2.14. The summed E-state index contributed by atoms with van der Waals surface area (Å²) in [5.41, 5.74) is 2.24. The molecule has 0 spiro atoms. The van der Waals surface area contributed by atoms with Gasteiger partial charge in [0, 0.05) is 10.6 Å². The van der Waals surface area contributed by atoms with Gasteiger partial charge in [-0.15, -0.1) is 11.8 Å². The third kappa shape index (κ3) is 9.47. The molecule has 3 rings (SSSR count). The van der Waals surface area contributed by atoms with Gasteiger partial charge in [0.2, 0.25) is 0 Å². The number of carbonyl (C=O) groups is 1. The average Bonchev–Trinajstić information content (AvgIpc) is 3.38. The van der Waals surface area contributed by atoms with Gasteiger partial charge in [-0.05, 0) is 60.7 Å². The second-order valence-electron chi connectivity index (χ2n) is 7.27. The van der Waals surface area contributed by atoms with Crippen molar-refractivity contribution in [1.82, 2.24) is 4.98 Å². The highest BCUT2D eigenvalue weighted by atomic mass is 32.2. The summed E-state index contributed by atoms with van der Waals surface area (Å²) >= 11 is 1.79. The maximum Gasteiger partial charge on any atom is 0.341 e. The molecule has 6 nitrogen and oxygen atoms in total. The van der Waals surface area contributed by atoms with E-state index >= 15 is 0 Å². The van der Waals surface area contributed by atoms with Gasteiger partial charge in [0.15, 0.2) is 13.0 Å². The third-order valence-electron chi connectivity index (χ3n) is 4.56. The van der Waals surface area contributed by atoms with E-state index in [-0.39, 0.29) is 6.61 Å². The van der Waals surface area contributed by atoms with Crippen LogP contribution in [0, 0.1) is 6.92 Å². The van der Waals surface area contributed by atoms with Crippen molar-refractivity contribution in [3.63, 3.8) is 0 Å². The van der Waals surface area contributed by atoms with Gasteiger partial charge >= 0.3 is 5.97 Å². The number of aliphatic carboxylic acids is 1. The van der Waals surface area contributed by atoms with Crippen LogP contribution in [0.5, 0.6) is 11.5 Å². The Bertz CT molecular complexity index is 895. The number of hydrogen-bond donors (Lipinski definition) is 1. The Balaban J connectivity index is 0.000000636. The Hall–Kier alpha value is -2.93. The fraction of sp³-hybridized carbons (Fsp3) is 0.360. The number of carboxylic acid groups (broad SMARTS) is 1. The lowest BCUT2D eigenvalue weighted by atomic mass is 10.0. The summed E-state index contributed by atoms with van der Waals surface area (Å²) < 4.78 is 15.5. The predicted octanol–water partition coefficient (Wildman–Crippen LogP) is 6.21. The normalized spacial score (nSPS) is 11.2. The zero-order valence-corrected chi connectivity index (χ0v) is 19.6. The number of aryl methyl sites for hydroxylation is 1. The molecule has 1 atom stereocenters. The SMILES string of the molecule is CCCCOc1ccc(C(C)CSc2ccc(OCC(=O)O)c(C)c2)cc1.c1cocn1. The second-order valence-corrected chi connectivity index (χ2v) is 8.36. The van der Waals surface area contributed by atoms with Crippen LogP contribution < -0.4 is 9.47 Å². The molecule has 3 aromatic rings. The molecular weight excluding hydrogens is 426 g/mol. The molecule has 0 radical (unpaired) electrons. The molecule has 0 aliphatic heterocycles. The van der Waals surface area contributed by atoms with Crippen molar-refractivity contribution in [1.29, 1.82) is 0 Å². The highest BCUT2D eigenvalue weighted by molar-refractivity contribution is 7.99. The Kier molecular flexibility index (Phi) is 11.2. The summed E-state index contributed by atoms with van der Waals surface area (Å²) in [6, 6.07) is 14.2. The fourth-order valence-corrected chi connectivity index (χ4v) is 3.79. The zero-order chi connectivity index (χ0) is 23.2. The summed E-state index contributed by atoms with van der Waals surface area (Å²) in [4.78, 5) is 15.3. The van der Waals surface area contributed by atoms with Gasteiger partial charge in [0.25, 0.3) is 0 Å². The Morgan fingerprint density at radius 3 is 2.53 bits per heavy atom. The molecule has 1 heterocycles. The van der Waals surface area contributed by atoms with E-state index in [1.165, 1.54) is 18.2 Å². The maximum absolute atomic E-state index is 10.6.